The van der Waals surface area contributed by atoms with Gasteiger partial charge in [-0.3, -0.25) is 9.78 Å². The zero-order valence-corrected chi connectivity index (χ0v) is 15.6. The molecule has 3 N–H and O–H groups in total. The molecule has 3 aromatic rings. The van der Waals surface area contributed by atoms with E-state index in [4.69, 9.17) is 17.3 Å². The first-order valence-corrected chi connectivity index (χ1v) is 9.43. The lowest BCUT2D eigenvalue weighted by atomic mass is 10.0. The molecular weight excluding hydrogens is 360 g/mol. The Balaban J connectivity index is 1.43. The van der Waals surface area contributed by atoms with Crippen LogP contribution in [0.15, 0.2) is 54.7 Å². The number of nitrogens with two attached hydrogens (primary N) is 1. The standard InChI is InChI=1S/C21H21ClN4O/c22-15-4-5-18-19(13-15)24-9-6-20(18)26-10-7-17(8-11-26)25-21(27)14-2-1-3-16(23)12-14/h1-6,9,12-13,17H,7-8,10-11,23H2,(H,25,27). The van der Waals surface area contributed by atoms with Crippen molar-refractivity contribution in [3.8, 4) is 0 Å². The van der Waals surface area contributed by atoms with E-state index >= 15 is 0 Å². The number of fused-ring (bicyclic) bond motifs is 1. The molecule has 1 amide bonds. The molecule has 138 valence electrons. The van der Waals surface area contributed by atoms with E-state index < -0.39 is 0 Å². The average molecular weight is 381 g/mol. The molecule has 4 rings (SSSR count). The van der Waals surface area contributed by atoms with Gasteiger partial charge in [-0.1, -0.05) is 17.7 Å². The zero-order valence-electron chi connectivity index (χ0n) is 14.9. The molecule has 0 bridgehead atoms. The van der Waals surface area contributed by atoms with Crippen molar-refractivity contribution >= 4 is 39.8 Å². The van der Waals surface area contributed by atoms with Crippen LogP contribution >= 0.6 is 11.6 Å². The van der Waals surface area contributed by atoms with Crippen LogP contribution in [-0.2, 0) is 0 Å². The summed E-state index contributed by atoms with van der Waals surface area (Å²) in [4.78, 5) is 19.2. The monoisotopic (exact) mass is 380 g/mol. The smallest absolute Gasteiger partial charge is 0.251 e. The second kappa shape index (κ2) is 7.45. The van der Waals surface area contributed by atoms with Gasteiger partial charge in [-0.15, -0.1) is 0 Å². The number of carbonyl (C=O) groups excluding carboxylic acids is 1. The second-order valence-electron chi connectivity index (χ2n) is 6.85. The number of anilines is 2. The highest BCUT2D eigenvalue weighted by atomic mass is 35.5. The van der Waals surface area contributed by atoms with Crippen LogP contribution in [0.5, 0.6) is 0 Å². The number of halogens is 1. The minimum absolute atomic E-state index is 0.0650. The van der Waals surface area contributed by atoms with Crippen LogP contribution in [0.1, 0.15) is 23.2 Å². The Kier molecular flexibility index (Phi) is 4.86. The van der Waals surface area contributed by atoms with Gasteiger partial charge in [0.1, 0.15) is 0 Å². The molecule has 0 radical (unpaired) electrons. The van der Waals surface area contributed by atoms with Gasteiger partial charge in [-0.2, -0.15) is 0 Å². The first-order chi connectivity index (χ1) is 13.1. The molecule has 2 heterocycles. The zero-order chi connectivity index (χ0) is 18.8. The quantitative estimate of drug-likeness (QED) is 0.676. The van der Waals surface area contributed by atoms with Gasteiger partial charge in [0.2, 0.25) is 0 Å². The number of rotatable bonds is 3. The summed E-state index contributed by atoms with van der Waals surface area (Å²) in [6.45, 7) is 1.76. The number of hydrogen-bond donors (Lipinski definition) is 2. The maximum atomic E-state index is 12.4. The number of nitrogens with one attached hydrogen (secondary N) is 1. The summed E-state index contributed by atoms with van der Waals surface area (Å²) in [5.74, 6) is -0.0650. The third kappa shape index (κ3) is 3.83. The lowest BCUT2D eigenvalue weighted by Crippen LogP contribution is -2.44. The lowest BCUT2D eigenvalue weighted by molar-refractivity contribution is 0.0931. The summed E-state index contributed by atoms with van der Waals surface area (Å²) in [6.07, 6.45) is 3.61. The second-order valence-corrected chi connectivity index (χ2v) is 7.29. The van der Waals surface area contributed by atoms with E-state index in [-0.39, 0.29) is 11.9 Å². The Morgan fingerprint density at radius 1 is 1.15 bits per heavy atom. The maximum Gasteiger partial charge on any atom is 0.251 e. The van der Waals surface area contributed by atoms with Crippen LogP contribution in [0, 0.1) is 0 Å². The van der Waals surface area contributed by atoms with Crippen molar-refractivity contribution < 1.29 is 4.79 Å². The van der Waals surface area contributed by atoms with Crippen LogP contribution in [-0.4, -0.2) is 30.0 Å². The van der Waals surface area contributed by atoms with Gasteiger partial charge in [0.15, 0.2) is 0 Å². The summed E-state index contributed by atoms with van der Waals surface area (Å²) >= 11 is 6.08. The van der Waals surface area contributed by atoms with E-state index in [1.807, 2.05) is 30.5 Å². The van der Waals surface area contributed by atoms with Gasteiger partial charge in [-0.05, 0) is 55.3 Å². The maximum absolute atomic E-state index is 12.4. The van der Waals surface area contributed by atoms with E-state index in [1.165, 1.54) is 0 Å². The molecule has 5 nitrogen and oxygen atoms in total. The van der Waals surface area contributed by atoms with Crippen molar-refractivity contribution in [2.75, 3.05) is 23.7 Å². The van der Waals surface area contributed by atoms with Crippen molar-refractivity contribution in [2.45, 2.75) is 18.9 Å². The van der Waals surface area contributed by atoms with Crippen LogP contribution in [0.4, 0.5) is 11.4 Å². The van der Waals surface area contributed by atoms with Crippen LogP contribution in [0.25, 0.3) is 10.9 Å². The molecule has 6 heteroatoms. The molecule has 1 fully saturated rings. The predicted molar refractivity (Wildman–Crippen MR) is 110 cm³/mol. The van der Waals surface area contributed by atoms with E-state index in [2.05, 4.69) is 15.2 Å². The number of amides is 1. The largest absolute Gasteiger partial charge is 0.399 e. The van der Waals surface area contributed by atoms with Crippen molar-refractivity contribution in [3.05, 3.63) is 65.3 Å². The number of nitrogen functional groups attached to an aromatic ring is 1. The minimum Gasteiger partial charge on any atom is -0.399 e. The molecule has 1 saturated heterocycles. The molecule has 0 unspecified atom stereocenters. The van der Waals surface area contributed by atoms with Crippen molar-refractivity contribution in [2.24, 2.45) is 0 Å². The Morgan fingerprint density at radius 3 is 2.74 bits per heavy atom. The minimum atomic E-state index is -0.0650. The van der Waals surface area contributed by atoms with E-state index in [0.717, 1.165) is 42.5 Å². The first kappa shape index (κ1) is 17.6. The molecule has 2 aromatic carbocycles. The number of nitrogens with zero attached hydrogens (tertiary/aromatic N) is 2. The first-order valence-electron chi connectivity index (χ1n) is 9.06. The Morgan fingerprint density at radius 2 is 1.96 bits per heavy atom. The number of carbonyl (C=O) groups is 1. The Labute approximate surface area is 163 Å². The number of piperidine rings is 1. The fourth-order valence-electron chi connectivity index (χ4n) is 3.60. The molecule has 0 atom stereocenters. The third-order valence-corrected chi connectivity index (χ3v) is 5.24. The normalized spacial score (nSPS) is 15.1. The summed E-state index contributed by atoms with van der Waals surface area (Å²) in [5.41, 5.74) is 9.04. The summed E-state index contributed by atoms with van der Waals surface area (Å²) in [7, 11) is 0. The Bertz CT molecular complexity index is 983. The molecular formula is C21H21ClN4O. The molecule has 0 spiro atoms. The Hall–Kier alpha value is -2.79. The van der Waals surface area contributed by atoms with E-state index in [9.17, 15) is 4.79 Å². The fraction of sp³-hybridized carbons (Fsp3) is 0.238. The highest BCUT2D eigenvalue weighted by Crippen LogP contribution is 2.29. The van der Waals surface area contributed by atoms with Crippen LogP contribution in [0.3, 0.4) is 0 Å². The van der Waals surface area contributed by atoms with Crippen molar-refractivity contribution in [1.29, 1.82) is 0 Å². The molecule has 0 aliphatic carbocycles. The number of hydrogen-bond acceptors (Lipinski definition) is 4. The highest BCUT2D eigenvalue weighted by Gasteiger charge is 2.22. The van der Waals surface area contributed by atoms with E-state index in [0.29, 0.717) is 16.3 Å². The number of benzene rings is 2. The molecule has 0 saturated carbocycles. The highest BCUT2D eigenvalue weighted by molar-refractivity contribution is 6.31. The summed E-state index contributed by atoms with van der Waals surface area (Å²) in [6, 6.07) is 15.1. The molecule has 1 aliphatic rings. The molecule has 27 heavy (non-hydrogen) atoms. The molecule has 1 aromatic heterocycles. The predicted octanol–water partition coefficient (Wildman–Crippen LogP) is 3.87. The lowest BCUT2D eigenvalue weighted by Gasteiger charge is -2.34. The van der Waals surface area contributed by atoms with Crippen molar-refractivity contribution in [1.82, 2.24) is 10.3 Å². The fourth-order valence-corrected chi connectivity index (χ4v) is 3.76. The SMILES string of the molecule is Nc1cccc(C(=O)NC2CCN(c3ccnc4cc(Cl)ccc34)CC2)c1. The molecule has 1 aliphatic heterocycles. The average Bonchev–Trinajstić information content (AvgIpc) is 2.68. The van der Waals surface area contributed by atoms with Gasteiger partial charge in [0.05, 0.1) is 5.52 Å². The van der Waals surface area contributed by atoms with Crippen LogP contribution < -0.4 is 16.0 Å². The van der Waals surface area contributed by atoms with E-state index in [1.54, 1.807) is 24.3 Å². The third-order valence-electron chi connectivity index (χ3n) is 5.00. The van der Waals surface area contributed by atoms with Gasteiger partial charge < -0.3 is 16.0 Å². The topological polar surface area (TPSA) is 71.2 Å². The van der Waals surface area contributed by atoms with Gasteiger partial charge >= 0.3 is 0 Å². The summed E-state index contributed by atoms with van der Waals surface area (Å²) in [5, 5.41) is 4.92. The van der Waals surface area contributed by atoms with Gasteiger partial charge in [-0.25, -0.2) is 0 Å². The summed E-state index contributed by atoms with van der Waals surface area (Å²) < 4.78 is 0. The number of pyridine rings is 1. The van der Waals surface area contributed by atoms with Gasteiger partial charge in [0.25, 0.3) is 5.91 Å². The van der Waals surface area contributed by atoms with Gasteiger partial charge in [0, 0.05) is 52.7 Å². The van der Waals surface area contributed by atoms with Crippen molar-refractivity contribution in [3.63, 3.8) is 0 Å². The van der Waals surface area contributed by atoms with Crippen LogP contribution in [0.2, 0.25) is 5.02 Å². The number of aromatic nitrogens is 1.